The Hall–Kier alpha value is -3.17. The lowest BCUT2D eigenvalue weighted by Gasteiger charge is -2.10. The van der Waals surface area contributed by atoms with Crippen LogP contribution in [-0.4, -0.2) is 28.6 Å². The van der Waals surface area contributed by atoms with Crippen molar-refractivity contribution in [1.82, 2.24) is 20.2 Å². The van der Waals surface area contributed by atoms with Gasteiger partial charge < -0.3 is 5.73 Å². The molecule has 2 aromatic carbocycles. The molecule has 0 unspecified atom stereocenters. The molecule has 136 valence electrons. The molecule has 0 amide bonds. The molecule has 0 spiro atoms. The Labute approximate surface area is 159 Å². The molecule has 0 aliphatic rings. The Morgan fingerprint density at radius 1 is 1.07 bits per heavy atom. The molecule has 27 heavy (non-hydrogen) atoms. The number of H-pyrrole nitrogens is 1. The number of halogens is 1. The summed E-state index contributed by atoms with van der Waals surface area (Å²) in [6.07, 6.45) is 1.58. The van der Waals surface area contributed by atoms with Crippen LogP contribution in [0.3, 0.4) is 0 Å². The summed E-state index contributed by atoms with van der Waals surface area (Å²) in [7, 11) is -3.79. The van der Waals surface area contributed by atoms with Gasteiger partial charge in [0.2, 0.25) is 5.65 Å². The third kappa shape index (κ3) is 3.29. The third-order valence-electron chi connectivity index (χ3n) is 3.85. The van der Waals surface area contributed by atoms with Crippen molar-refractivity contribution >= 4 is 44.3 Å². The van der Waals surface area contributed by atoms with Gasteiger partial charge in [-0.05, 0) is 24.3 Å². The molecular weight excluding hydrogens is 388 g/mol. The fraction of sp³-hybridized carbons (Fsp3) is 0. The van der Waals surface area contributed by atoms with Gasteiger partial charge in [-0.15, -0.1) is 0 Å². The van der Waals surface area contributed by atoms with E-state index in [0.29, 0.717) is 28.4 Å². The summed E-state index contributed by atoms with van der Waals surface area (Å²) in [5.41, 5.74) is 8.37. The van der Waals surface area contributed by atoms with Crippen LogP contribution in [0.5, 0.6) is 0 Å². The highest BCUT2D eigenvalue weighted by molar-refractivity contribution is 7.92. The summed E-state index contributed by atoms with van der Waals surface area (Å²) in [5.74, 6) is 0.355. The topological polar surface area (TPSA) is 127 Å². The molecule has 0 bridgehead atoms. The van der Waals surface area contributed by atoms with Crippen LogP contribution >= 0.6 is 11.6 Å². The quantitative estimate of drug-likeness (QED) is 0.483. The molecule has 0 fully saturated rings. The van der Waals surface area contributed by atoms with Crippen LogP contribution in [0.15, 0.2) is 59.6 Å². The van der Waals surface area contributed by atoms with E-state index in [1.54, 1.807) is 42.6 Å². The van der Waals surface area contributed by atoms with E-state index < -0.39 is 10.0 Å². The Morgan fingerprint density at radius 3 is 2.56 bits per heavy atom. The second-order valence-corrected chi connectivity index (χ2v) is 7.74. The number of hydrogen-bond acceptors (Lipinski definition) is 6. The molecule has 0 radical (unpaired) electrons. The first kappa shape index (κ1) is 17.3. The number of hydrogen-bond donors (Lipinski definition) is 3. The number of rotatable bonds is 4. The molecule has 0 aliphatic heterocycles. The number of nitrogens with two attached hydrogens (primary N) is 1. The van der Waals surface area contributed by atoms with Crippen LogP contribution in [0.25, 0.3) is 22.4 Å². The first-order valence-electron chi connectivity index (χ1n) is 7.78. The highest BCUT2D eigenvalue weighted by Gasteiger charge is 2.17. The lowest BCUT2D eigenvalue weighted by molar-refractivity contribution is 0.601. The fourth-order valence-electron chi connectivity index (χ4n) is 2.53. The number of nitrogens with one attached hydrogen (secondary N) is 2. The lowest BCUT2D eigenvalue weighted by atomic mass is 10.1. The number of aromatic nitrogens is 4. The highest BCUT2D eigenvalue weighted by Crippen LogP contribution is 2.25. The van der Waals surface area contributed by atoms with Gasteiger partial charge in [-0.25, -0.2) is 18.4 Å². The van der Waals surface area contributed by atoms with Crippen molar-refractivity contribution in [3.8, 4) is 11.3 Å². The Bertz CT molecular complexity index is 1240. The van der Waals surface area contributed by atoms with E-state index in [2.05, 4.69) is 24.9 Å². The maximum Gasteiger partial charge on any atom is 0.263 e. The van der Waals surface area contributed by atoms with E-state index in [9.17, 15) is 8.42 Å². The van der Waals surface area contributed by atoms with Gasteiger partial charge in [0.05, 0.1) is 16.9 Å². The number of benzene rings is 2. The van der Waals surface area contributed by atoms with Crippen molar-refractivity contribution in [3.63, 3.8) is 0 Å². The molecule has 4 aromatic rings. The number of nitrogens with zero attached hydrogens (tertiary/aromatic N) is 3. The molecule has 2 heterocycles. The normalized spacial score (nSPS) is 11.6. The van der Waals surface area contributed by atoms with Gasteiger partial charge >= 0.3 is 0 Å². The molecule has 0 saturated carbocycles. The Morgan fingerprint density at radius 2 is 1.81 bits per heavy atom. The van der Waals surface area contributed by atoms with Crippen LogP contribution in [0.4, 0.5) is 11.5 Å². The van der Waals surface area contributed by atoms with E-state index in [4.69, 9.17) is 17.3 Å². The fourth-order valence-corrected chi connectivity index (χ4v) is 4.11. The van der Waals surface area contributed by atoms with Gasteiger partial charge in [-0.1, -0.05) is 35.9 Å². The van der Waals surface area contributed by atoms with E-state index in [1.165, 1.54) is 12.1 Å². The van der Waals surface area contributed by atoms with E-state index >= 15 is 0 Å². The van der Waals surface area contributed by atoms with Crippen LogP contribution < -0.4 is 10.5 Å². The first-order chi connectivity index (χ1) is 12.9. The molecule has 10 heteroatoms. The smallest absolute Gasteiger partial charge is 0.263 e. The number of aromatic amines is 1. The predicted molar refractivity (Wildman–Crippen MR) is 104 cm³/mol. The molecule has 4 N–H and O–H groups in total. The molecule has 4 rings (SSSR count). The van der Waals surface area contributed by atoms with Crippen molar-refractivity contribution in [3.05, 3.63) is 59.8 Å². The van der Waals surface area contributed by atoms with Gasteiger partial charge in [0.15, 0.2) is 5.52 Å². The zero-order valence-corrected chi connectivity index (χ0v) is 15.3. The SMILES string of the molecule is Nc1[nH]nc2nc(-c3ccc(NS(=O)(=O)c4ccccc4Cl)cc3)cnc12. The summed E-state index contributed by atoms with van der Waals surface area (Å²) >= 11 is 5.98. The average Bonchev–Trinajstić information content (AvgIpc) is 3.03. The van der Waals surface area contributed by atoms with Crippen molar-refractivity contribution < 1.29 is 8.42 Å². The second kappa shape index (κ2) is 6.53. The minimum atomic E-state index is -3.79. The lowest BCUT2D eigenvalue weighted by Crippen LogP contribution is -2.13. The van der Waals surface area contributed by atoms with E-state index in [0.717, 1.165) is 5.56 Å². The number of fused-ring (bicyclic) bond motifs is 1. The van der Waals surface area contributed by atoms with Crippen molar-refractivity contribution in [1.29, 1.82) is 0 Å². The molecule has 0 saturated heterocycles. The summed E-state index contributed by atoms with van der Waals surface area (Å²) in [4.78, 5) is 8.65. The highest BCUT2D eigenvalue weighted by atomic mass is 35.5. The summed E-state index contributed by atoms with van der Waals surface area (Å²) in [5, 5.41) is 6.77. The largest absolute Gasteiger partial charge is 0.382 e. The Balaban J connectivity index is 1.61. The van der Waals surface area contributed by atoms with Gasteiger partial charge in [-0.3, -0.25) is 9.82 Å². The Kier molecular flexibility index (Phi) is 4.17. The summed E-state index contributed by atoms with van der Waals surface area (Å²) < 4.78 is 27.5. The molecule has 0 atom stereocenters. The van der Waals surface area contributed by atoms with E-state index in [-0.39, 0.29) is 9.92 Å². The summed E-state index contributed by atoms with van der Waals surface area (Å²) in [6, 6.07) is 13.0. The average molecular weight is 401 g/mol. The number of anilines is 2. The maximum absolute atomic E-state index is 12.5. The zero-order valence-electron chi connectivity index (χ0n) is 13.7. The number of sulfonamides is 1. The standard InChI is InChI=1S/C17H13ClN6O2S/c18-12-3-1-2-4-14(12)27(25,26)24-11-7-5-10(6-8-11)13-9-20-15-16(19)22-23-17(15)21-13/h1-9,24H,(H3,19,21,22,23). The van der Waals surface area contributed by atoms with Crippen molar-refractivity contribution in [2.45, 2.75) is 4.90 Å². The number of nitrogen functional groups attached to an aromatic ring is 1. The van der Waals surface area contributed by atoms with E-state index in [1.807, 2.05) is 0 Å². The maximum atomic E-state index is 12.5. The van der Waals surface area contributed by atoms with Gasteiger partial charge in [0, 0.05) is 11.3 Å². The molecular formula is C17H13ClN6O2S. The second-order valence-electron chi connectivity index (χ2n) is 5.68. The van der Waals surface area contributed by atoms with Gasteiger partial charge in [0.1, 0.15) is 10.7 Å². The molecule has 2 aromatic heterocycles. The molecule has 0 aliphatic carbocycles. The first-order valence-corrected chi connectivity index (χ1v) is 9.64. The van der Waals surface area contributed by atoms with Crippen LogP contribution in [0, 0.1) is 0 Å². The minimum Gasteiger partial charge on any atom is -0.382 e. The zero-order chi connectivity index (χ0) is 19.0. The van der Waals surface area contributed by atoms with Crippen LogP contribution in [-0.2, 0) is 10.0 Å². The van der Waals surface area contributed by atoms with Crippen LogP contribution in [0.1, 0.15) is 0 Å². The van der Waals surface area contributed by atoms with Gasteiger partial charge in [-0.2, -0.15) is 5.10 Å². The summed E-state index contributed by atoms with van der Waals surface area (Å²) in [6.45, 7) is 0. The van der Waals surface area contributed by atoms with Crippen molar-refractivity contribution in [2.75, 3.05) is 10.5 Å². The third-order valence-corrected chi connectivity index (χ3v) is 5.73. The monoisotopic (exact) mass is 400 g/mol. The van der Waals surface area contributed by atoms with Gasteiger partial charge in [0.25, 0.3) is 10.0 Å². The molecule has 8 nitrogen and oxygen atoms in total. The predicted octanol–water partition coefficient (Wildman–Crippen LogP) is 3.06. The van der Waals surface area contributed by atoms with Crippen molar-refractivity contribution in [2.24, 2.45) is 0 Å². The van der Waals surface area contributed by atoms with Crippen LogP contribution in [0.2, 0.25) is 5.02 Å². The minimum absolute atomic E-state index is 0.0168.